The molecule has 0 saturated carbocycles. The van der Waals surface area contributed by atoms with E-state index >= 15 is 0 Å². The zero-order chi connectivity index (χ0) is 23.8. The van der Waals surface area contributed by atoms with Crippen molar-refractivity contribution >= 4 is 34.6 Å². The summed E-state index contributed by atoms with van der Waals surface area (Å²) in [4.78, 5) is 38.3. The van der Waals surface area contributed by atoms with Crippen LogP contribution in [0.1, 0.15) is 41.5 Å². The normalized spacial score (nSPS) is 17.4. The van der Waals surface area contributed by atoms with Crippen LogP contribution in [0.3, 0.4) is 0 Å². The van der Waals surface area contributed by atoms with Crippen molar-refractivity contribution in [2.24, 2.45) is 5.41 Å². The average molecular weight is 444 g/mol. The highest BCUT2D eigenvalue weighted by molar-refractivity contribution is 5.98. The third-order valence-electron chi connectivity index (χ3n) is 5.54. The van der Waals surface area contributed by atoms with Gasteiger partial charge in [0.2, 0.25) is 0 Å². The molecule has 1 N–H and O–H groups in total. The van der Waals surface area contributed by atoms with Gasteiger partial charge in [-0.2, -0.15) is 0 Å². The maximum Gasteiger partial charge on any atom is 0.415 e. The minimum absolute atomic E-state index is 0.143. The van der Waals surface area contributed by atoms with Crippen LogP contribution in [0.5, 0.6) is 0 Å². The van der Waals surface area contributed by atoms with E-state index in [9.17, 15) is 14.7 Å². The molecule has 3 heterocycles. The standard InChI is InChI=1S/C23H33N5O4/c1-22(2,3)17-14-27(10-11-28(17)20(29)30)16-12-15-8-9-24-19(18(15)25-13-16)26(7)21(31)32-23(4,5)6/h8-9,12-13,17H,10-11,14H2,1-7H3,(H,29,30). The predicted octanol–water partition coefficient (Wildman–Crippen LogP) is 4.22. The number of carbonyl (C=O) groups excluding carboxylic acids is 1. The lowest BCUT2D eigenvalue weighted by molar-refractivity contribution is 0.0588. The van der Waals surface area contributed by atoms with Crippen molar-refractivity contribution in [2.75, 3.05) is 36.5 Å². The molecule has 2 aromatic rings. The van der Waals surface area contributed by atoms with E-state index in [1.54, 1.807) is 19.4 Å². The Bertz CT molecular complexity index is 1010. The molecule has 1 fully saturated rings. The first-order chi connectivity index (χ1) is 14.8. The van der Waals surface area contributed by atoms with Crippen molar-refractivity contribution in [3.63, 3.8) is 0 Å². The molecule has 1 aliphatic heterocycles. The molecule has 9 heteroatoms. The van der Waals surface area contributed by atoms with Crippen LogP contribution < -0.4 is 9.80 Å². The summed E-state index contributed by atoms with van der Waals surface area (Å²) in [6.07, 6.45) is 2.01. The lowest BCUT2D eigenvalue weighted by atomic mass is 9.84. The number of hydrogen-bond donors (Lipinski definition) is 1. The summed E-state index contributed by atoms with van der Waals surface area (Å²) in [5.41, 5.74) is 0.697. The average Bonchev–Trinajstić information content (AvgIpc) is 2.70. The number of ether oxygens (including phenoxy) is 1. The highest BCUT2D eigenvalue weighted by atomic mass is 16.6. The van der Waals surface area contributed by atoms with Crippen LogP contribution in [0, 0.1) is 5.41 Å². The molecule has 174 valence electrons. The van der Waals surface area contributed by atoms with Gasteiger partial charge in [0.15, 0.2) is 5.82 Å². The van der Waals surface area contributed by atoms with Crippen LogP contribution in [-0.4, -0.2) is 70.5 Å². The number of nitrogens with zero attached hydrogens (tertiary/aromatic N) is 5. The van der Waals surface area contributed by atoms with Crippen molar-refractivity contribution in [3.8, 4) is 0 Å². The number of piperazine rings is 1. The number of fused-ring (bicyclic) bond motifs is 1. The fourth-order valence-corrected chi connectivity index (χ4v) is 3.86. The highest BCUT2D eigenvalue weighted by Crippen LogP contribution is 2.32. The van der Waals surface area contributed by atoms with Gasteiger partial charge in [0, 0.05) is 38.3 Å². The zero-order valence-corrected chi connectivity index (χ0v) is 19.9. The summed E-state index contributed by atoms with van der Waals surface area (Å²) in [5, 5.41) is 10.5. The lowest BCUT2D eigenvalue weighted by Gasteiger charge is -2.46. The summed E-state index contributed by atoms with van der Waals surface area (Å²) in [6.45, 7) is 13.2. The van der Waals surface area contributed by atoms with E-state index in [0.717, 1.165) is 11.1 Å². The first-order valence-corrected chi connectivity index (χ1v) is 10.7. The molecule has 0 radical (unpaired) electrons. The lowest BCUT2D eigenvalue weighted by Crippen LogP contribution is -2.59. The Labute approximate surface area is 189 Å². The van der Waals surface area contributed by atoms with Gasteiger partial charge in [0.25, 0.3) is 0 Å². The molecule has 1 saturated heterocycles. The van der Waals surface area contributed by atoms with Crippen LogP contribution in [0.4, 0.5) is 21.1 Å². The maximum atomic E-state index is 12.5. The minimum atomic E-state index is -0.887. The molecule has 32 heavy (non-hydrogen) atoms. The first-order valence-electron chi connectivity index (χ1n) is 10.7. The Kier molecular flexibility index (Phi) is 6.22. The van der Waals surface area contributed by atoms with Gasteiger partial charge in [-0.1, -0.05) is 20.8 Å². The van der Waals surface area contributed by atoms with Crippen molar-refractivity contribution in [2.45, 2.75) is 53.2 Å². The number of aromatic nitrogens is 2. The van der Waals surface area contributed by atoms with Gasteiger partial charge in [0.1, 0.15) is 11.1 Å². The SMILES string of the molecule is CN(C(=O)OC(C)(C)C)c1nccc2cc(N3CCN(C(=O)O)C(C(C)(C)C)C3)cnc12. The Morgan fingerprint density at radius 1 is 1.16 bits per heavy atom. The van der Waals surface area contributed by atoms with E-state index in [4.69, 9.17) is 4.74 Å². The summed E-state index contributed by atoms with van der Waals surface area (Å²) in [5.74, 6) is 0.423. The van der Waals surface area contributed by atoms with Gasteiger partial charge in [-0.25, -0.2) is 14.6 Å². The van der Waals surface area contributed by atoms with Gasteiger partial charge >= 0.3 is 12.2 Å². The van der Waals surface area contributed by atoms with Crippen molar-refractivity contribution < 1.29 is 19.4 Å². The van der Waals surface area contributed by atoms with Crippen molar-refractivity contribution in [1.29, 1.82) is 0 Å². The Morgan fingerprint density at radius 3 is 2.44 bits per heavy atom. The Hall–Kier alpha value is -3.10. The second-order valence-electron chi connectivity index (χ2n) is 10.2. The molecular weight excluding hydrogens is 410 g/mol. The molecule has 0 aliphatic carbocycles. The molecule has 1 aliphatic rings. The minimum Gasteiger partial charge on any atom is -0.465 e. The molecule has 0 aromatic carbocycles. The summed E-state index contributed by atoms with van der Waals surface area (Å²) in [7, 11) is 1.62. The largest absolute Gasteiger partial charge is 0.465 e. The smallest absolute Gasteiger partial charge is 0.415 e. The number of amides is 2. The topological polar surface area (TPSA) is 99.1 Å². The summed E-state index contributed by atoms with van der Waals surface area (Å²) in [6, 6.07) is 3.72. The van der Waals surface area contributed by atoms with Crippen LogP contribution in [-0.2, 0) is 4.74 Å². The fourth-order valence-electron chi connectivity index (χ4n) is 3.86. The number of anilines is 2. The van der Waals surface area contributed by atoms with Gasteiger partial charge < -0.3 is 19.6 Å². The summed E-state index contributed by atoms with van der Waals surface area (Å²) >= 11 is 0. The number of hydrogen-bond acceptors (Lipinski definition) is 6. The number of carbonyl (C=O) groups is 2. The van der Waals surface area contributed by atoms with Gasteiger partial charge in [-0.15, -0.1) is 0 Å². The van der Waals surface area contributed by atoms with Crippen molar-refractivity contribution in [1.82, 2.24) is 14.9 Å². The molecule has 0 bridgehead atoms. The van der Waals surface area contributed by atoms with E-state index in [1.807, 2.05) is 32.9 Å². The molecular formula is C23H33N5O4. The maximum absolute atomic E-state index is 12.5. The number of rotatable bonds is 2. The first kappa shape index (κ1) is 23.6. The monoisotopic (exact) mass is 443 g/mol. The molecule has 1 atom stereocenters. The Morgan fingerprint density at radius 2 is 1.84 bits per heavy atom. The van der Waals surface area contributed by atoms with Gasteiger partial charge in [-0.3, -0.25) is 9.88 Å². The van der Waals surface area contributed by atoms with Gasteiger partial charge in [-0.05, 0) is 38.3 Å². The van der Waals surface area contributed by atoms with E-state index in [0.29, 0.717) is 31.0 Å². The quantitative estimate of drug-likeness (QED) is 0.742. The van der Waals surface area contributed by atoms with E-state index < -0.39 is 17.8 Å². The molecule has 1 unspecified atom stereocenters. The van der Waals surface area contributed by atoms with E-state index in [1.165, 1.54) is 9.80 Å². The zero-order valence-electron chi connectivity index (χ0n) is 19.9. The molecule has 2 amide bonds. The number of carboxylic acid groups (broad SMARTS) is 1. The van der Waals surface area contributed by atoms with Crippen molar-refractivity contribution in [3.05, 3.63) is 24.5 Å². The third kappa shape index (κ3) is 5.03. The highest BCUT2D eigenvalue weighted by Gasteiger charge is 2.38. The van der Waals surface area contributed by atoms with Gasteiger partial charge in [0.05, 0.1) is 17.9 Å². The summed E-state index contributed by atoms with van der Waals surface area (Å²) < 4.78 is 5.45. The number of pyridine rings is 2. The molecule has 0 spiro atoms. The van der Waals surface area contributed by atoms with E-state index in [-0.39, 0.29) is 11.5 Å². The molecule has 9 nitrogen and oxygen atoms in total. The molecule has 3 rings (SSSR count). The van der Waals surface area contributed by atoms with E-state index in [2.05, 4.69) is 35.6 Å². The second kappa shape index (κ2) is 8.44. The Balaban J connectivity index is 1.89. The van der Waals surface area contributed by atoms with Crippen LogP contribution in [0.2, 0.25) is 0 Å². The van der Waals surface area contributed by atoms with Crippen LogP contribution in [0.15, 0.2) is 24.5 Å². The predicted molar refractivity (Wildman–Crippen MR) is 124 cm³/mol. The fraction of sp³-hybridized carbons (Fsp3) is 0.565. The van der Waals surface area contributed by atoms with Crippen LogP contribution >= 0.6 is 0 Å². The molecule has 2 aromatic heterocycles. The van der Waals surface area contributed by atoms with Crippen LogP contribution in [0.25, 0.3) is 10.9 Å². The second-order valence-corrected chi connectivity index (χ2v) is 10.2. The third-order valence-corrected chi connectivity index (χ3v) is 5.54.